The Morgan fingerprint density at radius 2 is 1.71 bits per heavy atom. The molecule has 1 aromatic heterocycles. The third-order valence-electron chi connectivity index (χ3n) is 3.56. The molecule has 0 amide bonds. The van der Waals surface area contributed by atoms with Gasteiger partial charge in [0.25, 0.3) is 0 Å². The van der Waals surface area contributed by atoms with Gasteiger partial charge in [-0.05, 0) is 26.3 Å². The van der Waals surface area contributed by atoms with Gasteiger partial charge >= 0.3 is 0 Å². The topological polar surface area (TPSA) is 37.8 Å². The minimum absolute atomic E-state index is 0.0741. The fourth-order valence-corrected chi connectivity index (χ4v) is 2.29. The molecular weight excluding hydrogens is 258 g/mol. The molecule has 0 spiro atoms. The molecule has 1 aromatic carbocycles. The summed E-state index contributed by atoms with van der Waals surface area (Å²) in [7, 11) is 0. The molecular formula is C18H25N3. The van der Waals surface area contributed by atoms with Crippen LogP contribution in [-0.2, 0) is 5.41 Å². The highest BCUT2D eigenvalue weighted by Crippen LogP contribution is 2.31. The van der Waals surface area contributed by atoms with Crippen molar-refractivity contribution >= 4 is 5.82 Å². The summed E-state index contributed by atoms with van der Waals surface area (Å²) in [6.45, 7) is 13.6. The number of nitrogens with one attached hydrogen (secondary N) is 1. The molecule has 21 heavy (non-hydrogen) atoms. The maximum Gasteiger partial charge on any atom is 0.136 e. The first-order valence-corrected chi connectivity index (χ1v) is 7.53. The minimum Gasteiger partial charge on any atom is -0.370 e. The molecule has 1 N–H and O–H groups in total. The van der Waals surface area contributed by atoms with E-state index in [0.717, 1.165) is 29.4 Å². The molecule has 3 nitrogen and oxygen atoms in total. The summed E-state index contributed by atoms with van der Waals surface area (Å²) in [5, 5.41) is 3.37. The van der Waals surface area contributed by atoms with E-state index in [9.17, 15) is 0 Å². The SMILES string of the molecule is CCNc1nc(C(C)(C)C)nc(-c2ccccc2C)c1C. The summed E-state index contributed by atoms with van der Waals surface area (Å²) >= 11 is 0. The lowest BCUT2D eigenvalue weighted by atomic mass is 9.94. The van der Waals surface area contributed by atoms with Crippen LogP contribution >= 0.6 is 0 Å². The first-order valence-electron chi connectivity index (χ1n) is 7.53. The van der Waals surface area contributed by atoms with Crippen LogP contribution in [0.25, 0.3) is 11.3 Å². The van der Waals surface area contributed by atoms with Crippen molar-refractivity contribution in [1.29, 1.82) is 0 Å². The molecule has 0 aliphatic rings. The summed E-state index contributed by atoms with van der Waals surface area (Å²) < 4.78 is 0. The molecule has 2 aromatic rings. The quantitative estimate of drug-likeness (QED) is 0.902. The molecule has 0 atom stereocenters. The van der Waals surface area contributed by atoms with E-state index in [1.165, 1.54) is 11.1 Å². The Kier molecular flexibility index (Phi) is 4.31. The van der Waals surface area contributed by atoms with Gasteiger partial charge in [-0.3, -0.25) is 0 Å². The Bertz CT molecular complexity index is 639. The number of benzene rings is 1. The predicted octanol–water partition coefficient (Wildman–Crippen LogP) is 4.49. The highest BCUT2D eigenvalue weighted by Gasteiger charge is 2.22. The van der Waals surface area contributed by atoms with Gasteiger partial charge in [0.2, 0.25) is 0 Å². The molecule has 0 bridgehead atoms. The van der Waals surface area contributed by atoms with Crippen molar-refractivity contribution in [2.24, 2.45) is 0 Å². The zero-order valence-electron chi connectivity index (χ0n) is 13.9. The van der Waals surface area contributed by atoms with E-state index >= 15 is 0 Å². The lowest BCUT2D eigenvalue weighted by molar-refractivity contribution is 0.546. The largest absolute Gasteiger partial charge is 0.370 e. The Morgan fingerprint density at radius 1 is 1.05 bits per heavy atom. The van der Waals surface area contributed by atoms with Gasteiger partial charge in [-0.1, -0.05) is 45.0 Å². The van der Waals surface area contributed by atoms with E-state index in [0.29, 0.717) is 0 Å². The van der Waals surface area contributed by atoms with E-state index in [1.807, 2.05) is 0 Å². The summed E-state index contributed by atoms with van der Waals surface area (Å²) in [4.78, 5) is 9.59. The zero-order valence-corrected chi connectivity index (χ0v) is 13.9. The zero-order chi connectivity index (χ0) is 15.6. The second-order valence-corrected chi connectivity index (χ2v) is 6.46. The number of hydrogen-bond donors (Lipinski definition) is 1. The molecule has 2 rings (SSSR count). The van der Waals surface area contributed by atoms with Crippen molar-refractivity contribution in [3.63, 3.8) is 0 Å². The lowest BCUT2D eigenvalue weighted by Crippen LogP contribution is -2.19. The third kappa shape index (κ3) is 3.23. The fraction of sp³-hybridized carbons (Fsp3) is 0.444. The van der Waals surface area contributed by atoms with Crippen molar-refractivity contribution in [3.05, 3.63) is 41.2 Å². The summed E-state index contributed by atoms with van der Waals surface area (Å²) in [6.07, 6.45) is 0. The number of hydrogen-bond acceptors (Lipinski definition) is 3. The molecule has 0 aliphatic carbocycles. The third-order valence-corrected chi connectivity index (χ3v) is 3.56. The van der Waals surface area contributed by atoms with Gasteiger partial charge in [0.05, 0.1) is 5.69 Å². The van der Waals surface area contributed by atoms with Crippen LogP contribution in [0.5, 0.6) is 0 Å². The molecule has 3 heteroatoms. The van der Waals surface area contributed by atoms with Crippen LogP contribution in [0.2, 0.25) is 0 Å². The van der Waals surface area contributed by atoms with Gasteiger partial charge in [0, 0.05) is 23.1 Å². The maximum absolute atomic E-state index is 4.87. The van der Waals surface area contributed by atoms with E-state index in [1.54, 1.807) is 0 Å². The molecule has 1 heterocycles. The van der Waals surface area contributed by atoms with Crippen molar-refractivity contribution in [1.82, 2.24) is 9.97 Å². The van der Waals surface area contributed by atoms with Crippen LogP contribution in [0.4, 0.5) is 5.82 Å². The number of anilines is 1. The monoisotopic (exact) mass is 283 g/mol. The summed E-state index contributed by atoms with van der Waals surface area (Å²) in [5.74, 6) is 1.82. The van der Waals surface area contributed by atoms with Gasteiger partial charge in [0.15, 0.2) is 0 Å². The first kappa shape index (κ1) is 15.5. The van der Waals surface area contributed by atoms with Gasteiger partial charge in [-0.15, -0.1) is 0 Å². The predicted molar refractivity (Wildman–Crippen MR) is 89.8 cm³/mol. The standard InChI is InChI=1S/C18H25N3/c1-7-19-16-13(3)15(14-11-9-8-10-12(14)2)20-17(21-16)18(4,5)6/h8-11H,7H2,1-6H3,(H,19,20,21). The lowest BCUT2D eigenvalue weighted by Gasteiger charge is -2.21. The Hall–Kier alpha value is -1.90. The highest BCUT2D eigenvalue weighted by molar-refractivity contribution is 5.71. The van der Waals surface area contributed by atoms with E-state index in [-0.39, 0.29) is 5.41 Å². The normalized spacial score (nSPS) is 11.5. The maximum atomic E-state index is 4.87. The molecule has 0 unspecified atom stereocenters. The van der Waals surface area contributed by atoms with E-state index < -0.39 is 0 Å². The average molecular weight is 283 g/mol. The Balaban J connectivity index is 2.70. The van der Waals surface area contributed by atoms with Crippen LogP contribution in [0, 0.1) is 13.8 Å². The fourth-order valence-electron chi connectivity index (χ4n) is 2.29. The summed E-state index contributed by atoms with van der Waals surface area (Å²) in [5.41, 5.74) is 4.49. The second-order valence-electron chi connectivity index (χ2n) is 6.46. The van der Waals surface area contributed by atoms with Gasteiger partial charge in [-0.2, -0.15) is 0 Å². The van der Waals surface area contributed by atoms with E-state index in [4.69, 9.17) is 9.97 Å². The molecule has 0 saturated carbocycles. The molecule has 0 aliphatic heterocycles. The Labute approximate surface area is 127 Å². The van der Waals surface area contributed by atoms with Crippen molar-refractivity contribution in [3.8, 4) is 11.3 Å². The molecule has 0 fully saturated rings. The van der Waals surface area contributed by atoms with Crippen LogP contribution in [0.1, 0.15) is 44.6 Å². The molecule has 0 radical (unpaired) electrons. The number of aromatic nitrogens is 2. The van der Waals surface area contributed by atoms with E-state index in [2.05, 4.69) is 71.1 Å². The van der Waals surface area contributed by atoms with Crippen molar-refractivity contribution in [2.45, 2.75) is 47.0 Å². The number of nitrogens with zero attached hydrogens (tertiary/aromatic N) is 2. The molecule has 112 valence electrons. The van der Waals surface area contributed by atoms with Crippen molar-refractivity contribution < 1.29 is 0 Å². The van der Waals surface area contributed by atoms with Gasteiger partial charge in [-0.25, -0.2) is 9.97 Å². The second kappa shape index (κ2) is 5.84. The average Bonchev–Trinajstić information content (AvgIpc) is 2.41. The van der Waals surface area contributed by atoms with Crippen molar-refractivity contribution in [2.75, 3.05) is 11.9 Å². The first-order chi connectivity index (χ1) is 9.84. The smallest absolute Gasteiger partial charge is 0.136 e. The van der Waals surface area contributed by atoms with Crippen LogP contribution in [-0.4, -0.2) is 16.5 Å². The number of rotatable bonds is 3. The number of aryl methyl sites for hydroxylation is 1. The van der Waals surface area contributed by atoms with Gasteiger partial charge in [0.1, 0.15) is 11.6 Å². The Morgan fingerprint density at radius 3 is 2.29 bits per heavy atom. The highest BCUT2D eigenvalue weighted by atomic mass is 15.0. The summed E-state index contributed by atoms with van der Waals surface area (Å²) in [6, 6.07) is 8.38. The van der Waals surface area contributed by atoms with Gasteiger partial charge < -0.3 is 5.32 Å². The molecule has 0 saturated heterocycles. The van der Waals surface area contributed by atoms with Crippen LogP contribution < -0.4 is 5.32 Å². The van der Waals surface area contributed by atoms with Crippen LogP contribution in [0.3, 0.4) is 0 Å². The minimum atomic E-state index is -0.0741. The van der Waals surface area contributed by atoms with Crippen LogP contribution in [0.15, 0.2) is 24.3 Å².